The van der Waals surface area contributed by atoms with Crippen LogP contribution in [0.5, 0.6) is 11.5 Å². The predicted octanol–water partition coefficient (Wildman–Crippen LogP) is 4.15. The van der Waals surface area contributed by atoms with Crippen molar-refractivity contribution in [1.82, 2.24) is 0 Å². The first-order valence-corrected chi connectivity index (χ1v) is 8.02. The van der Waals surface area contributed by atoms with Crippen LogP contribution in [0, 0.1) is 0 Å². The van der Waals surface area contributed by atoms with Crippen LogP contribution in [0.25, 0.3) is 10.8 Å². The molecule has 4 heteroatoms. The van der Waals surface area contributed by atoms with Crippen molar-refractivity contribution in [3.8, 4) is 11.5 Å². The second kappa shape index (κ2) is 6.85. The van der Waals surface area contributed by atoms with E-state index in [-0.39, 0.29) is 5.78 Å². The van der Waals surface area contributed by atoms with Crippen molar-refractivity contribution in [3.05, 3.63) is 65.7 Å². The maximum Gasteiger partial charge on any atom is 0.193 e. The molecule has 0 spiro atoms. The zero-order valence-corrected chi connectivity index (χ0v) is 14.9. The topological polar surface area (TPSA) is 38.8 Å². The van der Waals surface area contributed by atoms with Crippen molar-refractivity contribution in [2.24, 2.45) is 0 Å². The fourth-order valence-electron chi connectivity index (χ4n) is 3.00. The number of nitrogens with zero attached hydrogens (tertiary/aromatic N) is 1. The smallest absolute Gasteiger partial charge is 0.193 e. The standard InChI is InChI=1S/C21H21NO3/c1-22(2)18-11-10-17(15-7-5-6-8-16(15)18)21(23)14-9-12-19(24-3)20(13-14)25-4/h5-13H,1-4H3. The van der Waals surface area contributed by atoms with Gasteiger partial charge in [0.05, 0.1) is 14.2 Å². The summed E-state index contributed by atoms with van der Waals surface area (Å²) < 4.78 is 10.6. The van der Waals surface area contributed by atoms with Crippen molar-refractivity contribution < 1.29 is 14.3 Å². The van der Waals surface area contributed by atoms with Gasteiger partial charge in [0.25, 0.3) is 0 Å². The monoisotopic (exact) mass is 335 g/mol. The zero-order valence-electron chi connectivity index (χ0n) is 14.9. The van der Waals surface area contributed by atoms with Crippen molar-refractivity contribution in [2.45, 2.75) is 0 Å². The van der Waals surface area contributed by atoms with E-state index in [4.69, 9.17) is 9.47 Å². The number of benzene rings is 3. The molecule has 0 saturated heterocycles. The summed E-state index contributed by atoms with van der Waals surface area (Å²) in [5, 5.41) is 1.99. The van der Waals surface area contributed by atoms with E-state index < -0.39 is 0 Å². The minimum absolute atomic E-state index is 0.0394. The fraction of sp³-hybridized carbons (Fsp3) is 0.190. The van der Waals surface area contributed by atoms with E-state index in [1.165, 1.54) is 0 Å². The normalized spacial score (nSPS) is 10.6. The van der Waals surface area contributed by atoms with Gasteiger partial charge in [0.2, 0.25) is 0 Å². The van der Waals surface area contributed by atoms with E-state index in [1.54, 1.807) is 32.4 Å². The van der Waals surface area contributed by atoms with Crippen molar-refractivity contribution >= 4 is 22.2 Å². The van der Waals surface area contributed by atoms with Crippen molar-refractivity contribution in [1.29, 1.82) is 0 Å². The molecule has 0 amide bonds. The molecule has 4 nitrogen and oxygen atoms in total. The lowest BCUT2D eigenvalue weighted by Gasteiger charge is -2.17. The molecule has 0 fully saturated rings. The number of carbonyl (C=O) groups excluding carboxylic acids is 1. The average molecular weight is 335 g/mol. The Morgan fingerprint density at radius 3 is 2.16 bits per heavy atom. The maximum atomic E-state index is 13.1. The molecule has 128 valence electrons. The number of methoxy groups -OCH3 is 2. The number of rotatable bonds is 5. The Kier molecular flexibility index (Phi) is 4.61. The zero-order chi connectivity index (χ0) is 18.0. The van der Waals surface area contributed by atoms with Crippen LogP contribution in [0.4, 0.5) is 5.69 Å². The highest BCUT2D eigenvalue weighted by Crippen LogP contribution is 2.32. The van der Waals surface area contributed by atoms with E-state index in [2.05, 4.69) is 0 Å². The molecule has 0 saturated carbocycles. The van der Waals surface area contributed by atoms with Crippen LogP contribution < -0.4 is 14.4 Å². The van der Waals surface area contributed by atoms with Crippen LogP contribution >= 0.6 is 0 Å². The highest BCUT2D eigenvalue weighted by molar-refractivity contribution is 6.18. The molecule has 0 radical (unpaired) electrons. The summed E-state index contributed by atoms with van der Waals surface area (Å²) in [6.07, 6.45) is 0. The Hall–Kier alpha value is -3.01. The summed E-state index contributed by atoms with van der Waals surface area (Å²) >= 11 is 0. The van der Waals surface area contributed by atoms with Gasteiger partial charge >= 0.3 is 0 Å². The fourth-order valence-corrected chi connectivity index (χ4v) is 3.00. The second-order valence-electron chi connectivity index (χ2n) is 5.97. The third kappa shape index (κ3) is 3.03. The quantitative estimate of drug-likeness (QED) is 0.657. The van der Waals surface area contributed by atoms with Crippen molar-refractivity contribution in [3.63, 3.8) is 0 Å². The largest absolute Gasteiger partial charge is 0.493 e. The summed E-state index contributed by atoms with van der Waals surface area (Å²) in [7, 11) is 7.13. The third-order valence-electron chi connectivity index (χ3n) is 4.27. The van der Waals surface area contributed by atoms with Gasteiger partial charge in [-0.2, -0.15) is 0 Å². The first kappa shape index (κ1) is 16.8. The van der Waals surface area contributed by atoms with E-state index in [1.807, 2.05) is 55.4 Å². The SMILES string of the molecule is COc1ccc(C(=O)c2ccc(N(C)C)c3ccccc23)cc1OC. The Bertz CT molecular complexity index is 932. The molecule has 3 rings (SSSR count). The Labute approximate surface area is 147 Å². The van der Waals surface area contributed by atoms with Crippen LogP contribution in [-0.4, -0.2) is 34.1 Å². The van der Waals surface area contributed by atoms with Crippen LogP contribution in [0.1, 0.15) is 15.9 Å². The molecule has 3 aromatic rings. The summed E-state index contributed by atoms with van der Waals surface area (Å²) in [6, 6.07) is 17.1. The molecule has 0 unspecified atom stereocenters. The molecule has 0 atom stereocenters. The number of ketones is 1. The second-order valence-corrected chi connectivity index (χ2v) is 5.97. The number of fused-ring (bicyclic) bond motifs is 1. The Morgan fingerprint density at radius 2 is 1.52 bits per heavy atom. The molecule has 25 heavy (non-hydrogen) atoms. The number of hydrogen-bond acceptors (Lipinski definition) is 4. The van der Waals surface area contributed by atoms with E-state index in [0.29, 0.717) is 22.6 Å². The van der Waals surface area contributed by atoms with Crippen LogP contribution in [-0.2, 0) is 0 Å². The van der Waals surface area contributed by atoms with Crippen molar-refractivity contribution in [2.75, 3.05) is 33.2 Å². The van der Waals surface area contributed by atoms with Gasteiger partial charge in [0, 0.05) is 36.3 Å². The number of ether oxygens (including phenoxy) is 2. The molecule has 0 aliphatic rings. The lowest BCUT2D eigenvalue weighted by molar-refractivity contribution is 0.104. The van der Waals surface area contributed by atoms with Crippen LogP contribution in [0.3, 0.4) is 0 Å². The molecule has 0 aliphatic heterocycles. The number of carbonyl (C=O) groups is 1. The minimum Gasteiger partial charge on any atom is -0.493 e. The lowest BCUT2D eigenvalue weighted by Crippen LogP contribution is -2.10. The summed E-state index contributed by atoms with van der Waals surface area (Å²) in [5.41, 5.74) is 2.33. The molecule has 0 N–H and O–H groups in total. The van der Waals surface area contributed by atoms with Gasteiger partial charge in [0.15, 0.2) is 17.3 Å². The highest BCUT2D eigenvalue weighted by Gasteiger charge is 2.17. The molecular formula is C21H21NO3. The maximum absolute atomic E-state index is 13.1. The summed E-state index contributed by atoms with van der Waals surface area (Å²) in [6.45, 7) is 0. The van der Waals surface area contributed by atoms with Gasteiger partial charge in [-0.15, -0.1) is 0 Å². The molecule has 0 heterocycles. The average Bonchev–Trinajstić information content (AvgIpc) is 2.65. The van der Waals surface area contributed by atoms with Crippen LogP contribution in [0.15, 0.2) is 54.6 Å². The number of anilines is 1. The number of hydrogen-bond donors (Lipinski definition) is 0. The summed E-state index contributed by atoms with van der Waals surface area (Å²) in [4.78, 5) is 15.1. The van der Waals surface area contributed by atoms with E-state index in [9.17, 15) is 4.79 Å². The van der Waals surface area contributed by atoms with E-state index >= 15 is 0 Å². The molecular weight excluding hydrogens is 314 g/mol. The van der Waals surface area contributed by atoms with E-state index in [0.717, 1.165) is 16.5 Å². The molecule has 0 aromatic heterocycles. The molecule has 0 aliphatic carbocycles. The lowest BCUT2D eigenvalue weighted by atomic mass is 9.96. The van der Waals surface area contributed by atoms with Gasteiger partial charge in [0.1, 0.15) is 0 Å². The van der Waals surface area contributed by atoms with Gasteiger partial charge in [-0.3, -0.25) is 4.79 Å². The Balaban J connectivity index is 2.14. The van der Waals surface area contributed by atoms with Gasteiger partial charge in [-0.25, -0.2) is 0 Å². The van der Waals surface area contributed by atoms with Crippen LogP contribution in [0.2, 0.25) is 0 Å². The third-order valence-corrected chi connectivity index (χ3v) is 4.27. The van der Waals surface area contributed by atoms with Gasteiger partial charge in [-0.05, 0) is 35.7 Å². The molecule has 0 bridgehead atoms. The van der Waals surface area contributed by atoms with Gasteiger partial charge in [-0.1, -0.05) is 24.3 Å². The predicted molar refractivity (Wildman–Crippen MR) is 101 cm³/mol. The van der Waals surface area contributed by atoms with Gasteiger partial charge < -0.3 is 14.4 Å². The minimum atomic E-state index is -0.0394. The summed E-state index contributed by atoms with van der Waals surface area (Å²) in [5.74, 6) is 1.11. The highest BCUT2D eigenvalue weighted by atomic mass is 16.5. The first-order valence-electron chi connectivity index (χ1n) is 8.02. The first-order chi connectivity index (χ1) is 12.1. The molecule has 3 aromatic carbocycles. The Morgan fingerprint density at radius 1 is 0.840 bits per heavy atom.